The van der Waals surface area contributed by atoms with E-state index in [0.717, 1.165) is 5.56 Å². The molecule has 0 aliphatic heterocycles. The molecule has 1 aromatic carbocycles. The maximum absolute atomic E-state index is 11.9. The number of benzene rings is 1. The predicted octanol–water partition coefficient (Wildman–Crippen LogP) is 3.17. The van der Waals surface area contributed by atoms with Crippen molar-refractivity contribution in [2.24, 2.45) is 0 Å². The van der Waals surface area contributed by atoms with E-state index in [4.69, 9.17) is 11.6 Å². The van der Waals surface area contributed by atoms with Crippen molar-refractivity contribution in [1.82, 2.24) is 5.32 Å². The molecule has 1 atom stereocenters. The van der Waals surface area contributed by atoms with Crippen molar-refractivity contribution < 1.29 is 9.90 Å². The van der Waals surface area contributed by atoms with E-state index in [1.165, 1.54) is 11.3 Å². The number of carbonyl (C=O) groups is 1. The van der Waals surface area contributed by atoms with Crippen LogP contribution in [0.5, 0.6) is 0 Å². The summed E-state index contributed by atoms with van der Waals surface area (Å²) < 4.78 is 0. The van der Waals surface area contributed by atoms with E-state index in [2.05, 4.69) is 5.32 Å². The topological polar surface area (TPSA) is 49.3 Å². The molecule has 5 heteroatoms. The summed E-state index contributed by atoms with van der Waals surface area (Å²) in [7, 11) is 0. The summed E-state index contributed by atoms with van der Waals surface area (Å²) in [5, 5.41) is 15.2. The Balaban J connectivity index is 1.96. The highest BCUT2D eigenvalue weighted by Crippen LogP contribution is 2.18. The van der Waals surface area contributed by atoms with Crippen molar-refractivity contribution in [3.05, 3.63) is 56.7 Å². The summed E-state index contributed by atoms with van der Waals surface area (Å²) in [5.74, 6) is -0.159. The summed E-state index contributed by atoms with van der Waals surface area (Å²) in [4.78, 5) is 12.6. The number of hydrogen-bond acceptors (Lipinski definition) is 3. The minimum absolute atomic E-state index is 0.159. The molecular weight excluding hydrogens is 282 g/mol. The van der Waals surface area contributed by atoms with Gasteiger partial charge in [-0.15, -0.1) is 11.3 Å². The van der Waals surface area contributed by atoms with Crippen LogP contribution in [-0.2, 0) is 0 Å². The highest BCUT2D eigenvalue weighted by molar-refractivity contribution is 7.12. The van der Waals surface area contributed by atoms with E-state index in [9.17, 15) is 9.90 Å². The van der Waals surface area contributed by atoms with E-state index in [-0.39, 0.29) is 12.5 Å². The second kappa shape index (κ2) is 6.19. The van der Waals surface area contributed by atoms with Crippen molar-refractivity contribution in [3.8, 4) is 0 Å². The number of nitrogens with one attached hydrogen (secondary N) is 1. The normalized spacial score (nSPS) is 12.2. The van der Waals surface area contributed by atoms with E-state index in [1.54, 1.807) is 24.3 Å². The molecule has 0 radical (unpaired) electrons. The largest absolute Gasteiger partial charge is 0.387 e. The van der Waals surface area contributed by atoms with Crippen LogP contribution in [0.1, 0.15) is 26.9 Å². The summed E-state index contributed by atoms with van der Waals surface area (Å²) in [5.41, 5.74) is 1.63. The molecule has 2 rings (SSSR count). The Labute approximate surface area is 120 Å². The summed E-state index contributed by atoms with van der Waals surface area (Å²) in [6.45, 7) is 2.05. The van der Waals surface area contributed by atoms with E-state index >= 15 is 0 Å². The molecule has 0 fully saturated rings. The van der Waals surface area contributed by atoms with Gasteiger partial charge in [0.2, 0.25) is 0 Å². The molecule has 1 aromatic heterocycles. The first kappa shape index (κ1) is 14.1. The molecule has 2 aromatic rings. The Morgan fingerprint density at radius 1 is 1.47 bits per heavy atom. The smallest absolute Gasteiger partial charge is 0.261 e. The first-order valence-electron chi connectivity index (χ1n) is 5.83. The standard InChI is InChI=1S/C14H14ClNO2S/c1-9-5-6-19-13(9)14(18)16-8-12(17)10-3-2-4-11(15)7-10/h2-7,12,17H,8H2,1H3,(H,16,18)/t12-/m1/s1. The van der Waals surface area contributed by atoms with Crippen molar-refractivity contribution in [1.29, 1.82) is 0 Å². The number of rotatable bonds is 4. The zero-order valence-electron chi connectivity index (χ0n) is 10.4. The van der Waals surface area contributed by atoms with Gasteiger partial charge in [0.05, 0.1) is 11.0 Å². The van der Waals surface area contributed by atoms with Gasteiger partial charge in [-0.2, -0.15) is 0 Å². The zero-order chi connectivity index (χ0) is 13.8. The Morgan fingerprint density at radius 3 is 2.89 bits per heavy atom. The Hall–Kier alpha value is -1.36. The van der Waals surface area contributed by atoms with Crippen LogP contribution in [0, 0.1) is 6.92 Å². The van der Waals surface area contributed by atoms with Gasteiger partial charge in [0.1, 0.15) is 0 Å². The van der Waals surface area contributed by atoms with Gasteiger partial charge in [-0.1, -0.05) is 23.7 Å². The second-order valence-electron chi connectivity index (χ2n) is 4.21. The van der Waals surface area contributed by atoms with Crippen LogP contribution in [0.15, 0.2) is 35.7 Å². The summed E-state index contributed by atoms with van der Waals surface area (Å²) >= 11 is 7.25. The molecule has 1 amide bonds. The van der Waals surface area contributed by atoms with Gasteiger partial charge < -0.3 is 10.4 Å². The molecule has 19 heavy (non-hydrogen) atoms. The van der Waals surface area contributed by atoms with Gasteiger partial charge in [-0.3, -0.25) is 4.79 Å². The highest BCUT2D eigenvalue weighted by atomic mass is 35.5. The number of hydrogen-bond donors (Lipinski definition) is 2. The number of aryl methyl sites for hydroxylation is 1. The van der Waals surface area contributed by atoms with Crippen molar-refractivity contribution in [2.75, 3.05) is 6.54 Å². The number of carbonyl (C=O) groups excluding carboxylic acids is 1. The van der Waals surface area contributed by atoms with Crippen LogP contribution in [-0.4, -0.2) is 17.6 Å². The van der Waals surface area contributed by atoms with E-state index < -0.39 is 6.10 Å². The molecular formula is C14H14ClNO2S. The first-order valence-corrected chi connectivity index (χ1v) is 7.09. The fourth-order valence-corrected chi connectivity index (χ4v) is 2.75. The van der Waals surface area contributed by atoms with Crippen LogP contribution in [0.2, 0.25) is 5.02 Å². The lowest BCUT2D eigenvalue weighted by atomic mass is 10.1. The molecule has 100 valence electrons. The van der Waals surface area contributed by atoms with E-state index in [0.29, 0.717) is 15.5 Å². The van der Waals surface area contributed by atoms with Crippen molar-refractivity contribution >= 4 is 28.8 Å². The lowest BCUT2D eigenvalue weighted by molar-refractivity contribution is 0.0920. The van der Waals surface area contributed by atoms with Gasteiger partial charge in [-0.25, -0.2) is 0 Å². The molecule has 1 heterocycles. The monoisotopic (exact) mass is 295 g/mol. The molecule has 0 unspecified atom stereocenters. The highest BCUT2D eigenvalue weighted by Gasteiger charge is 2.13. The number of aliphatic hydroxyl groups is 1. The predicted molar refractivity (Wildman–Crippen MR) is 77.8 cm³/mol. The molecule has 2 N–H and O–H groups in total. The zero-order valence-corrected chi connectivity index (χ0v) is 12.0. The third-order valence-corrected chi connectivity index (χ3v) is 4.01. The third kappa shape index (κ3) is 3.56. The fourth-order valence-electron chi connectivity index (χ4n) is 1.71. The van der Waals surface area contributed by atoms with Gasteiger partial charge >= 0.3 is 0 Å². The maximum atomic E-state index is 11.9. The fraction of sp³-hybridized carbons (Fsp3) is 0.214. The Kier molecular flexibility index (Phi) is 4.58. The molecule has 0 spiro atoms. The van der Waals surface area contributed by atoms with Gasteiger partial charge in [-0.05, 0) is 41.6 Å². The van der Waals surface area contributed by atoms with E-state index in [1.807, 2.05) is 18.4 Å². The molecule has 0 aliphatic carbocycles. The minimum atomic E-state index is -0.761. The number of halogens is 1. The van der Waals surface area contributed by atoms with Crippen LogP contribution >= 0.6 is 22.9 Å². The quantitative estimate of drug-likeness (QED) is 0.910. The van der Waals surface area contributed by atoms with Crippen LogP contribution < -0.4 is 5.32 Å². The van der Waals surface area contributed by atoms with Gasteiger partial charge in [0.25, 0.3) is 5.91 Å². The van der Waals surface area contributed by atoms with Gasteiger partial charge in [0, 0.05) is 11.6 Å². The van der Waals surface area contributed by atoms with Crippen molar-refractivity contribution in [3.63, 3.8) is 0 Å². The van der Waals surface area contributed by atoms with Gasteiger partial charge in [0.15, 0.2) is 0 Å². The first-order chi connectivity index (χ1) is 9.08. The van der Waals surface area contributed by atoms with Crippen LogP contribution in [0.3, 0.4) is 0 Å². The lowest BCUT2D eigenvalue weighted by Crippen LogP contribution is -2.28. The maximum Gasteiger partial charge on any atom is 0.261 e. The molecule has 3 nitrogen and oxygen atoms in total. The molecule has 0 aliphatic rings. The lowest BCUT2D eigenvalue weighted by Gasteiger charge is -2.12. The molecule has 0 bridgehead atoms. The van der Waals surface area contributed by atoms with Crippen LogP contribution in [0.4, 0.5) is 0 Å². The number of aliphatic hydroxyl groups excluding tert-OH is 1. The third-order valence-electron chi connectivity index (χ3n) is 2.76. The summed E-state index contributed by atoms with van der Waals surface area (Å²) in [6.07, 6.45) is -0.761. The average Bonchev–Trinajstić information content (AvgIpc) is 2.82. The molecule has 0 saturated heterocycles. The molecule has 0 saturated carbocycles. The Bertz CT molecular complexity index is 582. The number of thiophene rings is 1. The summed E-state index contributed by atoms with van der Waals surface area (Å²) in [6, 6.07) is 8.87. The SMILES string of the molecule is Cc1ccsc1C(=O)NC[C@@H](O)c1cccc(Cl)c1. The average molecular weight is 296 g/mol. The van der Waals surface area contributed by atoms with Crippen molar-refractivity contribution in [2.45, 2.75) is 13.0 Å². The Morgan fingerprint density at radius 2 is 2.26 bits per heavy atom. The van der Waals surface area contributed by atoms with Crippen LogP contribution in [0.25, 0.3) is 0 Å². The second-order valence-corrected chi connectivity index (χ2v) is 5.57. The minimum Gasteiger partial charge on any atom is -0.387 e. The number of amides is 1.